The number of hydrogen-bond acceptors (Lipinski definition) is 4. The van der Waals surface area contributed by atoms with E-state index in [-0.39, 0.29) is 5.91 Å². The molecular formula is C20H25ClN4O. The maximum absolute atomic E-state index is 12.5. The Kier molecular flexibility index (Phi) is 6.45. The summed E-state index contributed by atoms with van der Waals surface area (Å²) in [6.45, 7) is 4.37. The quantitative estimate of drug-likeness (QED) is 0.867. The van der Waals surface area contributed by atoms with Crippen LogP contribution >= 0.6 is 11.6 Å². The summed E-state index contributed by atoms with van der Waals surface area (Å²) in [5.74, 6) is 0.514. The predicted molar refractivity (Wildman–Crippen MR) is 105 cm³/mol. The Balaban J connectivity index is 1.63. The van der Waals surface area contributed by atoms with Gasteiger partial charge in [-0.1, -0.05) is 36.6 Å². The van der Waals surface area contributed by atoms with Crippen LogP contribution in [0.2, 0.25) is 5.02 Å². The van der Waals surface area contributed by atoms with Crippen LogP contribution in [0.5, 0.6) is 0 Å². The first kappa shape index (κ1) is 18.6. The zero-order chi connectivity index (χ0) is 18.4. The normalized spacial score (nSPS) is 14.8. The average Bonchev–Trinajstić information content (AvgIpc) is 2.90. The number of rotatable bonds is 5. The fourth-order valence-corrected chi connectivity index (χ4v) is 3.40. The van der Waals surface area contributed by atoms with E-state index in [4.69, 9.17) is 11.6 Å². The first-order chi connectivity index (χ1) is 12.6. The van der Waals surface area contributed by atoms with Crippen LogP contribution in [-0.2, 0) is 6.42 Å². The van der Waals surface area contributed by atoms with E-state index in [9.17, 15) is 4.79 Å². The summed E-state index contributed by atoms with van der Waals surface area (Å²) in [4.78, 5) is 23.8. The lowest BCUT2D eigenvalue weighted by Crippen LogP contribution is -2.30. The SMILES string of the molecule is Cc1cc(C(=O)NCCc2cccc(Cl)c2)nc(N2CCCCCC2)n1. The van der Waals surface area contributed by atoms with Gasteiger partial charge in [0.25, 0.3) is 5.91 Å². The number of hydrogen-bond donors (Lipinski definition) is 1. The minimum atomic E-state index is -0.159. The molecule has 2 heterocycles. The Bertz CT molecular complexity index is 757. The zero-order valence-corrected chi connectivity index (χ0v) is 15.9. The molecule has 5 nitrogen and oxygen atoms in total. The van der Waals surface area contributed by atoms with Gasteiger partial charge in [-0.15, -0.1) is 0 Å². The second-order valence-corrected chi connectivity index (χ2v) is 7.17. The van der Waals surface area contributed by atoms with E-state index in [1.165, 1.54) is 12.8 Å². The largest absolute Gasteiger partial charge is 0.350 e. The van der Waals surface area contributed by atoms with Crippen molar-refractivity contribution < 1.29 is 4.79 Å². The van der Waals surface area contributed by atoms with Gasteiger partial charge in [-0.05, 0) is 49.9 Å². The molecule has 1 aromatic carbocycles. The van der Waals surface area contributed by atoms with Crippen LogP contribution in [-0.4, -0.2) is 35.5 Å². The molecule has 26 heavy (non-hydrogen) atoms. The van der Waals surface area contributed by atoms with Gasteiger partial charge in [0.05, 0.1) is 0 Å². The molecule has 1 amide bonds. The molecule has 0 aliphatic carbocycles. The van der Waals surface area contributed by atoms with Crippen LogP contribution in [0, 0.1) is 6.92 Å². The number of nitrogens with zero attached hydrogens (tertiary/aromatic N) is 3. The molecule has 1 aromatic heterocycles. The van der Waals surface area contributed by atoms with Gasteiger partial charge < -0.3 is 10.2 Å². The van der Waals surface area contributed by atoms with E-state index in [1.807, 2.05) is 31.2 Å². The average molecular weight is 373 g/mol. The second-order valence-electron chi connectivity index (χ2n) is 6.73. The highest BCUT2D eigenvalue weighted by molar-refractivity contribution is 6.30. The molecule has 3 rings (SSSR count). The lowest BCUT2D eigenvalue weighted by Gasteiger charge is -2.21. The van der Waals surface area contributed by atoms with E-state index in [2.05, 4.69) is 20.2 Å². The van der Waals surface area contributed by atoms with E-state index < -0.39 is 0 Å². The maximum atomic E-state index is 12.5. The van der Waals surface area contributed by atoms with Gasteiger partial charge >= 0.3 is 0 Å². The highest BCUT2D eigenvalue weighted by Crippen LogP contribution is 2.17. The first-order valence-corrected chi connectivity index (χ1v) is 9.63. The minimum Gasteiger partial charge on any atom is -0.350 e. The molecule has 138 valence electrons. The molecule has 1 N–H and O–H groups in total. The Morgan fingerprint density at radius 2 is 1.92 bits per heavy atom. The van der Waals surface area contributed by atoms with Crippen molar-refractivity contribution in [3.8, 4) is 0 Å². The van der Waals surface area contributed by atoms with Gasteiger partial charge in [0, 0.05) is 30.4 Å². The van der Waals surface area contributed by atoms with Crippen molar-refractivity contribution in [3.05, 3.63) is 52.3 Å². The van der Waals surface area contributed by atoms with Crippen LogP contribution in [0.25, 0.3) is 0 Å². The smallest absolute Gasteiger partial charge is 0.270 e. The molecule has 6 heteroatoms. The van der Waals surface area contributed by atoms with Crippen LogP contribution < -0.4 is 10.2 Å². The van der Waals surface area contributed by atoms with Crippen LogP contribution in [0.3, 0.4) is 0 Å². The third-order valence-corrected chi connectivity index (χ3v) is 4.79. The molecule has 0 saturated carbocycles. The molecule has 0 spiro atoms. The minimum absolute atomic E-state index is 0.159. The monoisotopic (exact) mass is 372 g/mol. The van der Waals surface area contributed by atoms with E-state index in [1.54, 1.807) is 6.07 Å². The third-order valence-electron chi connectivity index (χ3n) is 4.55. The summed E-state index contributed by atoms with van der Waals surface area (Å²) < 4.78 is 0. The molecule has 1 aliphatic rings. The van der Waals surface area contributed by atoms with Gasteiger partial charge in [0.1, 0.15) is 5.69 Å². The summed E-state index contributed by atoms with van der Waals surface area (Å²) in [6.07, 6.45) is 5.53. The van der Waals surface area contributed by atoms with Crippen molar-refractivity contribution in [2.75, 3.05) is 24.5 Å². The van der Waals surface area contributed by atoms with E-state index in [0.29, 0.717) is 23.2 Å². The molecule has 2 aromatic rings. The fourth-order valence-electron chi connectivity index (χ4n) is 3.18. The molecule has 0 radical (unpaired) electrons. The molecular weight excluding hydrogens is 348 g/mol. The van der Waals surface area contributed by atoms with Crippen LogP contribution in [0.4, 0.5) is 5.95 Å². The predicted octanol–water partition coefficient (Wildman–Crippen LogP) is 3.79. The highest BCUT2D eigenvalue weighted by atomic mass is 35.5. The number of halogens is 1. The number of aromatic nitrogens is 2. The molecule has 1 aliphatic heterocycles. The number of carbonyl (C=O) groups is 1. The Morgan fingerprint density at radius 1 is 1.15 bits per heavy atom. The second kappa shape index (κ2) is 8.99. The fraction of sp³-hybridized carbons (Fsp3) is 0.450. The third kappa shape index (κ3) is 5.18. The van der Waals surface area contributed by atoms with E-state index in [0.717, 1.165) is 43.6 Å². The van der Waals surface area contributed by atoms with Crippen molar-refractivity contribution in [1.29, 1.82) is 0 Å². The summed E-state index contributed by atoms with van der Waals surface area (Å²) in [6, 6.07) is 9.43. The summed E-state index contributed by atoms with van der Waals surface area (Å²) in [5, 5.41) is 3.66. The molecule has 0 unspecified atom stereocenters. The van der Waals surface area contributed by atoms with Crippen molar-refractivity contribution in [2.45, 2.75) is 39.0 Å². The molecule has 0 atom stereocenters. The topological polar surface area (TPSA) is 58.1 Å². The molecule has 1 saturated heterocycles. The lowest BCUT2D eigenvalue weighted by atomic mass is 10.1. The van der Waals surface area contributed by atoms with Gasteiger partial charge in [0.15, 0.2) is 0 Å². The number of nitrogens with one attached hydrogen (secondary N) is 1. The number of carbonyl (C=O) groups excluding carboxylic acids is 1. The number of amides is 1. The van der Waals surface area contributed by atoms with Crippen molar-refractivity contribution >= 4 is 23.5 Å². The Labute approximate surface area is 159 Å². The van der Waals surface area contributed by atoms with Crippen molar-refractivity contribution in [2.24, 2.45) is 0 Å². The van der Waals surface area contributed by atoms with Crippen LogP contribution in [0.1, 0.15) is 47.4 Å². The summed E-state index contributed by atoms with van der Waals surface area (Å²) in [5.41, 5.74) is 2.35. The maximum Gasteiger partial charge on any atom is 0.270 e. The molecule has 1 fully saturated rings. The van der Waals surface area contributed by atoms with Gasteiger partial charge in [-0.2, -0.15) is 0 Å². The van der Waals surface area contributed by atoms with Gasteiger partial charge in [-0.3, -0.25) is 4.79 Å². The van der Waals surface area contributed by atoms with Crippen LogP contribution in [0.15, 0.2) is 30.3 Å². The van der Waals surface area contributed by atoms with Gasteiger partial charge in [-0.25, -0.2) is 9.97 Å². The Hall–Kier alpha value is -2.14. The first-order valence-electron chi connectivity index (χ1n) is 9.25. The molecule has 0 bridgehead atoms. The van der Waals surface area contributed by atoms with Crippen molar-refractivity contribution in [3.63, 3.8) is 0 Å². The van der Waals surface area contributed by atoms with Crippen molar-refractivity contribution in [1.82, 2.24) is 15.3 Å². The van der Waals surface area contributed by atoms with Gasteiger partial charge in [0.2, 0.25) is 5.95 Å². The zero-order valence-electron chi connectivity index (χ0n) is 15.2. The number of anilines is 1. The standard InChI is InChI=1S/C20H25ClN4O/c1-15-13-18(24-20(23-15)25-11-4-2-3-5-12-25)19(26)22-10-9-16-7-6-8-17(21)14-16/h6-8,13-14H,2-5,9-12H2,1H3,(H,22,26). The summed E-state index contributed by atoms with van der Waals surface area (Å²) in [7, 11) is 0. The van der Waals surface area contributed by atoms with E-state index >= 15 is 0 Å². The Morgan fingerprint density at radius 3 is 2.65 bits per heavy atom. The highest BCUT2D eigenvalue weighted by Gasteiger charge is 2.16. The number of aryl methyl sites for hydroxylation is 1. The summed E-state index contributed by atoms with van der Waals surface area (Å²) >= 11 is 5.99. The number of benzene rings is 1. The lowest BCUT2D eigenvalue weighted by molar-refractivity contribution is 0.0949.